The van der Waals surface area contributed by atoms with Crippen molar-refractivity contribution < 1.29 is 0 Å². The topological polar surface area (TPSA) is 0 Å². The molecule has 0 spiro atoms. The van der Waals surface area contributed by atoms with Crippen LogP contribution in [0, 0.1) is 0 Å². The summed E-state index contributed by atoms with van der Waals surface area (Å²) in [6.07, 6.45) is 4.14. The van der Waals surface area contributed by atoms with Gasteiger partial charge in [-0.2, -0.15) is 0 Å². The van der Waals surface area contributed by atoms with Crippen molar-refractivity contribution in [2.45, 2.75) is 55.8 Å². The van der Waals surface area contributed by atoms with Gasteiger partial charge in [-0.15, -0.1) is 0 Å². The molecule has 76 valence electrons. The Morgan fingerprint density at radius 1 is 1.38 bits per heavy atom. The maximum absolute atomic E-state index is 2.60. The quantitative estimate of drug-likeness (QED) is 0.302. The minimum absolute atomic E-state index is 0.869. The maximum atomic E-state index is 2.60. The van der Waals surface area contributed by atoms with Crippen LogP contribution in [0.4, 0.5) is 0 Å². The third-order valence-corrected chi connectivity index (χ3v) is 5.18. The van der Waals surface area contributed by atoms with E-state index in [2.05, 4.69) is 49.2 Å². The average molecular weight is 308 g/mol. The molecule has 1 aliphatic rings. The largest absolute Gasteiger partial charge is 0.0823 e. The molecule has 0 aromatic heterocycles. The van der Waals surface area contributed by atoms with Crippen LogP contribution >= 0.6 is 22.6 Å². The smallest absolute Gasteiger partial charge is 0.0483 e. The summed E-state index contributed by atoms with van der Waals surface area (Å²) < 4.78 is 0.906. The van der Waals surface area contributed by atoms with Gasteiger partial charge in [0.2, 0.25) is 0 Å². The first-order valence-corrected chi connectivity index (χ1v) is 10.2. The Morgan fingerprint density at radius 3 is 2.46 bits per heavy atom. The lowest BCUT2D eigenvalue weighted by Crippen LogP contribution is -2.22. The lowest BCUT2D eigenvalue weighted by atomic mass is 9.94. The van der Waals surface area contributed by atoms with Gasteiger partial charge in [-0.3, -0.25) is 0 Å². The van der Waals surface area contributed by atoms with Crippen LogP contribution in [0.5, 0.6) is 0 Å². The van der Waals surface area contributed by atoms with Crippen LogP contribution in [0.2, 0.25) is 25.7 Å². The Bertz CT molecular complexity index is 213. The van der Waals surface area contributed by atoms with Crippen molar-refractivity contribution in [3.05, 3.63) is 11.1 Å². The van der Waals surface area contributed by atoms with Gasteiger partial charge in [0.25, 0.3) is 0 Å². The molecule has 0 aliphatic heterocycles. The van der Waals surface area contributed by atoms with Crippen LogP contribution in [0.3, 0.4) is 0 Å². The molecule has 0 radical (unpaired) electrons. The number of halogens is 1. The zero-order valence-electron chi connectivity index (χ0n) is 9.28. The third kappa shape index (κ3) is 4.15. The van der Waals surface area contributed by atoms with E-state index in [1.165, 1.54) is 25.3 Å². The summed E-state index contributed by atoms with van der Waals surface area (Å²) in [5.74, 6) is 0. The first kappa shape index (κ1) is 11.8. The van der Waals surface area contributed by atoms with Crippen molar-refractivity contribution in [1.29, 1.82) is 0 Å². The lowest BCUT2D eigenvalue weighted by Gasteiger charge is -2.26. The molecule has 2 heteroatoms. The molecule has 1 rings (SSSR count). The normalized spacial score (nSPS) is 25.2. The zero-order valence-corrected chi connectivity index (χ0v) is 12.4. The van der Waals surface area contributed by atoms with Gasteiger partial charge < -0.3 is 0 Å². The lowest BCUT2D eigenvalue weighted by molar-refractivity contribution is 0.705. The van der Waals surface area contributed by atoms with Gasteiger partial charge in [0, 0.05) is 12.0 Å². The van der Waals surface area contributed by atoms with Crippen molar-refractivity contribution >= 4 is 30.7 Å². The molecule has 0 saturated carbocycles. The van der Waals surface area contributed by atoms with Crippen LogP contribution in [0.1, 0.15) is 26.2 Å². The highest BCUT2D eigenvalue weighted by molar-refractivity contribution is 14.1. The first-order chi connectivity index (χ1) is 5.88. The predicted octanol–water partition coefficient (Wildman–Crippen LogP) is 4.63. The van der Waals surface area contributed by atoms with Crippen molar-refractivity contribution in [1.82, 2.24) is 0 Å². The predicted molar refractivity (Wildman–Crippen MR) is 72.5 cm³/mol. The van der Waals surface area contributed by atoms with Gasteiger partial charge in [0.1, 0.15) is 0 Å². The summed E-state index contributed by atoms with van der Waals surface area (Å²) in [6.45, 7) is 9.77. The van der Waals surface area contributed by atoms with Gasteiger partial charge >= 0.3 is 0 Å². The van der Waals surface area contributed by atoms with Gasteiger partial charge in [-0.1, -0.05) is 53.4 Å². The summed E-state index contributed by atoms with van der Waals surface area (Å²) in [6, 6.07) is 1.43. The standard InChI is InChI=1S/C11H21ISi/c1-9-7-11(12)6-5-10(9)8-13(2,3)4/h11H,5-8H2,1-4H3. The summed E-state index contributed by atoms with van der Waals surface area (Å²) in [5.41, 5.74) is 3.50. The number of hydrogen-bond acceptors (Lipinski definition) is 0. The second-order valence-electron chi connectivity index (χ2n) is 5.46. The van der Waals surface area contributed by atoms with Crippen LogP contribution in [0.25, 0.3) is 0 Å². The van der Waals surface area contributed by atoms with Crippen LogP contribution in [0.15, 0.2) is 11.1 Å². The molecule has 13 heavy (non-hydrogen) atoms. The molecule has 1 aliphatic carbocycles. The minimum Gasteiger partial charge on any atom is -0.0823 e. The van der Waals surface area contributed by atoms with Crippen LogP contribution < -0.4 is 0 Å². The van der Waals surface area contributed by atoms with E-state index in [0.717, 1.165) is 3.92 Å². The molecule has 0 saturated heterocycles. The summed E-state index contributed by atoms with van der Waals surface area (Å²) in [4.78, 5) is 0. The average Bonchev–Trinajstić information content (AvgIpc) is 1.93. The van der Waals surface area contributed by atoms with Gasteiger partial charge in [-0.25, -0.2) is 0 Å². The van der Waals surface area contributed by atoms with Crippen LogP contribution in [-0.4, -0.2) is 12.0 Å². The van der Waals surface area contributed by atoms with E-state index in [1.807, 2.05) is 0 Å². The van der Waals surface area contributed by atoms with Gasteiger partial charge in [-0.05, 0) is 32.2 Å². The molecule has 0 fully saturated rings. The number of alkyl halides is 1. The fourth-order valence-electron chi connectivity index (χ4n) is 2.00. The third-order valence-electron chi connectivity index (χ3n) is 2.63. The molecule has 1 unspecified atom stereocenters. The highest BCUT2D eigenvalue weighted by atomic mass is 127. The molecular formula is C11H21ISi. The fourth-order valence-corrected chi connectivity index (χ4v) is 4.73. The monoisotopic (exact) mass is 308 g/mol. The van der Waals surface area contributed by atoms with Gasteiger partial charge in [0.15, 0.2) is 0 Å². The molecule has 0 heterocycles. The SMILES string of the molecule is CC1=C(C[Si](C)(C)C)CCC(I)C1. The van der Waals surface area contributed by atoms with Crippen molar-refractivity contribution in [3.8, 4) is 0 Å². The minimum atomic E-state index is -0.869. The van der Waals surface area contributed by atoms with Crippen LogP contribution in [-0.2, 0) is 0 Å². The highest BCUT2D eigenvalue weighted by Gasteiger charge is 2.21. The second kappa shape index (κ2) is 4.47. The summed E-state index contributed by atoms with van der Waals surface area (Å²) in [7, 11) is -0.869. The van der Waals surface area contributed by atoms with Crippen molar-refractivity contribution in [2.75, 3.05) is 0 Å². The molecular weight excluding hydrogens is 287 g/mol. The van der Waals surface area contributed by atoms with E-state index < -0.39 is 8.07 Å². The Morgan fingerprint density at radius 2 is 2.00 bits per heavy atom. The molecule has 0 nitrogen and oxygen atoms in total. The van der Waals surface area contributed by atoms with Crippen molar-refractivity contribution in [3.63, 3.8) is 0 Å². The first-order valence-electron chi connectivity index (χ1n) is 5.20. The van der Waals surface area contributed by atoms with Gasteiger partial charge in [0.05, 0.1) is 0 Å². The molecule has 1 atom stereocenters. The number of rotatable bonds is 2. The summed E-state index contributed by atoms with van der Waals surface area (Å²) >= 11 is 2.60. The fraction of sp³-hybridized carbons (Fsp3) is 0.818. The van der Waals surface area contributed by atoms with E-state index in [-0.39, 0.29) is 0 Å². The molecule has 0 amide bonds. The number of hydrogen-bond donors (Lipinski definition) is 0. The Balaban J connectivity index is 2.64. The second-order valence-corrected chi connectivity index (χ2v) is 12.7. The van der Waals surface area contributed by atoms with Crippen molar-refractivity contribution in [2.24, 2.45) is 0 Å². The molecule has 0 N–H and O–H groups in total. The zero-order chi connectivity index (χ0) is 10.1. The molecule has 0 aromatic rings. The molecule has 0 bridgehead atoms. The maximum Gasteiger partial charge on any atom is 0.0483 e. The Labute approximate surface area is 97.3 Å². The highest BCUT2D eigenvalue weighted by Crippen LogP contribution is 2.33. The Kier molecular flexibility index (Phi) is 4.04. The van der Waals surface area contributed by atoms with E-state index in [1.54, 1.807) is 11.1 Å². The molecule has 0 aromatic carbocycles. The van der Waals surface area contributed by atoms with E-state index >= 15 is 0 Å². The van der Waals surface area contributed by atoms with E-state index in [9.17, 15) is 0 Å². The number of allylic oxidation sites excluding steroid dienone is 2. The van der Waals surface area contributed by atoms with E-state index in [4.69, 9.17) is 0 Å². The summed E-state index contributed by atoms with van der Waals surface area (Å²) in [5, 5.41) is 0. The van der Waals surface area contributed by atoms with E-state index in [0.29, 0.717) is 0 Å². The Hall–Kier alpha value is 0.687.